The molecule has 2 saturated heterocycles. The van der Waals surface area contributed by atoms with Gasteiger partial charge in [-0.1, -0.05) is 104 Å². The summed E-state index contributed by atoms with van der Waals surface area (Å²) in [5.74, 6) is 8.45. The standard InChI is InChI=1S/C35H37N7O3/c1-4-20-39(36)32-27(6-3)18-13-19-29(32)23-38-24-30-41(40(21-5-2)35(45)37-22-26-14-9-7-10-15-26)25-31(43)42(30)33(34(38)44)28-16-11-8-12-17-28/h1,5-19,30,33H,2-3,20-25,36H2,(H,37,45)/t30-,33+/m1/s1. The molecular weight excluding hydrogens is 566 g/mol. The molecule has 0 spiro atoms. The highest BCUT2D eigenvalue weighted by Gasteiger charge is 2.52. The Hall–Kier alpha value is -5.37. The first kappa shape index (κ1) is 31.1. The van der Waals surface area contributed by atoms with Gasteiger partial charge in [-0.2, -0.15) is 5.01 Å². The zero-order valence-electron chi connectivity index (χ0n) is 25.1. The molecule has 3 aromatic carbocycles. The van der Waals surface area contributed by atoms with Crippen LogP contribution in [0.3, 0.4) is 0 Å². The van der Waals surface area contributed by atoms with Gasteiger partial charge in [0.05, 0.1) is 31.9 Å². The van der Waals surface area contributed by atoms with Crippen LogP contribution in [0, 0.1) is 12.3 Å². The predicted molar refractivity (Wildman–Crippen MR) is 174 cm³/mol. The SMILES string of the molecule is C#CCN(N)c1c(C=C)cccc1CN1C[C@H]2N(C(=O)CN2N(CC=C)C(=O)NCc2ccccc2)[C@@H](c2ccccc2)C1=O. The van der Waals surface area contributed by atoms with Crippen LogP contribution >= 0.6 is 0 Å². The molecule has 0 aliphatic carbocycles. The van der Waals surface area contributed by atoms with Crippen molar-refractivity contribution in [2.24, 2.45) is 5.84 Å². The van der Waals surface area contributed by atoms with E-state index in [0.717, 1.165) is 16.7 Å². The molecule has 0 radical (unpaired) electrons. The number of carbonyl (C=O) groups is 3. The number of rotatable bonds is 11. The Morgan fingerprint density at radius 1 is 1.04 bits per heavy atom. The molecule has 10 heteroatoms. The highest BCUT2D eigenvalue weighted by atomic mass is 16.2. The lowest BCUT2D eigenvalue weighted by atomic mass is 9.99. The number of piperazine rings is 1. The zero-order chi connectivity index (χ0) is 31.9. The summed E-state index contributed by atoms with van der Waals surface area (Å²) in [7, 11) is 0. The Kier molecular flexibility index (Phi) is 9.63. The van der Waals surface area contributed by atoms with E-state index < -0.39 is 12.2 Å². The number of benzene rings is 3. The maximum atomic E-state index is 14.3. The van der Waals surface area contributed by atoms with Crippen LogP contribution in [-0.2, 0) is 22.7 Å². The fourth-order valence-corrected chi connectivity index (χ4v) is 5.97. The van der Waals surface area contributed by atoms with Gasteiger partial charge in [-0.25, -0.2) is 10.6 Å². The van der Waals surface area contributed by atoms with Crippen molar-refractivity contribution in [1.82, 2.24) is 25.1 Å². The summed E-state index contributed by atoms with van der Waals surface area (Å²) in [6.07, 6.45) is 8.26. The number of nitrogens with zero attached hydrogens (tertiary/aromatic N) is 5. The second-order valence-electron chi connectivity index (χ2n) is 10.8. The molecular formula is C35H37N7O3. The number of hydrazine groups is 2. The number of hydrogen-bond acceptors (Lipinski definition) is 6. The number of urea groups is 1. The molecule has 4 amide bonds. The Morgan fingerprint density at radius 3 is 2.42 bits per heavy atom. The van der Waals surface area contributed by atoms with Crippen LogP contribution in [0.1, 0.15) is 28.3 Å². The molecule has 10 nitrogen and oxygen atoms in total. The van der Waals surface area contributed by atoms with E-state index in [-0.39, 0.29) is 50.6 Å². The van der Waals surface area contributed by atoms with Crippen molar-refractivity contribution < 1.29 is 14.4 Å². The predicted octanol–water partition coefficient (Wildman–Crippen LogP) is 3.51. The fraction of sp³-hybridized carbons (Fsp3) is 0.229. The smallest absolute Gasteiger partial charge is 0.332 e. The van der Waals surface area contributed by atoms with Gasteiger partial charge in [-0.05, 0) is 22.3 Å². The summed E-state index contributed by atoms with van der Waals surface area (Å²) in [6.45, 7) is 8.70. The van der Waals surface area contributed by atoms with Gasteiger partial charge < -0.3 is 15.1 Å². The van der Waals surface area contributed by atoms with Gasteiger partial charge >= 0.3 is 6.03 Å². The van der Waals surface area contributed by atoms with Crippen LogP contribution in [0.5, 0.6) is 0 Å². The molecule has 2 atom stereocenters. The average molecular weight is 604 g/mol. The van der Waals surface area contributed by atoms with Crippen molar-refractivity contribution in [2.45, 2.75) is 25.3 Å². The van der Waals surface area contributed by atoms with E-state index in [1.165, 1.54) is 10.0 Å². The van der Waals surface area contributed by atoms with Gasteiger partial charge in [-0.3, -0.25) is 19.6 Å². The number of anilines is 1. The van der Waals surface area contributed by atoms with Gasteiger partial charge in [0.25, 0.3) is 5.91 Å². The Morgan fingerprint density at radius 2 is 1.76 bits per heavy atom. The van der Waals surface area contributed by atoms with Crippen LogP contribution in [0.4, 0.5) is 10.5 Å². The summed E-state index contributed by atoms with van der Waals surface area (Å²) in [6, 6.07) is 23.2. The quantitative estimate of drug-likeness (QED) is 0.151. The number of nitrogens with two attached hydrogens (primary N) is 1. The van der Waals surface area contributed by atoms with E-state index in [9.17, 15) is 14.4 Å². The Balaban J connectivity index is 1.50. The molecule has 45 heavy (non-hydrogen) atoms. The first-order chi connectivity index (χ1) is 21.9. The normalized spacial score (nSPS) is 17.8. The van der Waals surface area contributed by atoms with Crippen molar-refractivity contribution in [1.29, 1.82) is 0 Å². The minimum Gasteiger partial charge on any atom is -0.333 e. The summed E-state index contributed by atoms with van der Waals surface area (Å²) in [4.78, 5) is 44.9. The first-order valence-corrected chi connectivity index (χ1v) is 14.7. The summed E-state index contributed by atoms with van der Waals surface area (Å²) < 4.78 is 0. The maximum Gasteiger partial charge on any atom is 0.332 e. The third-order valence-electron chi connectivity index (χ3n) is 7.99. The first-order valence-electron chi connectivity index (χ1n) is 14.7. The lowest BCUT2D eigenvalue weighted by Crippen LogP contribution is -2.62. The maximum absolute atomic E-state index is 14.3. The van der Waals surface area contributed by atoms with Gasteiger partial charge in [0, 0.05) is 13.1 Å². The number of hydrogen-bond donors (Lipinski definition) is 2. The van der Waals surface area contributed by atoms with E-state index in [2.05, 4.69) is 24.4 Å². The third-order valence-corrected chi connectivity index (χ3v) is 7.99. The second-order valence-corrected chi connectivity index (χ2v) is 10.8. The van der Waals surface area contributed by atoms with E-state index in [1.807, 2.05) is 78.9 Å². The monoisotopic (exact) mass is 603 g/mol. The average Bonchev–Trinajstić information content (AvgIpc) is 3.38. The summed E-state index contributed by atoms with van der Waals surface area (Å²) in [5, 5.41) is 7.65. The molecule has 0 saturated carbocycles. The largest absolute Gasteiger partial charge is 0.333 e. The van der Waals surface area contributed by atoms with Crippen molar-refractivity contribution in [3.63, 3.8) is 0 Å². The fourth-order valence-electron chi connectivity index (χ4n) is 5.97. The van der Waals surface area contributed by atoms with Gasteiger partial charge in [-0.15, -0.1) is 13.0 Å². The summed E-state index contributed by atoms with van der Waals surface area (Å²) in [5.41, 5.74) is 3.85. The molecule has 2 fully saturated rings. The van der Waals surface area contributed by atoms with Gasteiger partial charge in [0.2, 0.25) is 5.91 Å². The van der Waals surface area contributed by atoms with Crippen molar-refractivity contribution in [3.05, 3.63) is 120 Å². The van der Waals surface area contributed by atoms with Crippen molar-refractivity contribution in [2.75, 3.05) is 31.2 Å². The zero-order valence-corrected chi connectivity index (χ0v) is 25.1. The molecule has 0 bridgehead atoms. The number of para-hydroxylation sites is 1. The minimum atomic E-state index is -0.883. The highest BCUT2D eigenvalue weighted by Crippen LogP contribution is 2.37. The van der Waals surface area contributed by atoms with E-state index in [0.29, 0.717) is 17.8 Å². The van der Waals surface area contributed by atoms with Crippen LogP contribution in [-0.4, -0.2) is 70.0 Å². The molecule has 230 valence electrons. The van der Waals surface area contributed by atoms with Gasteiger partial charge in [0.15, 0.2) is 0 Å². The number of carbonyl (C=O) groups excluding carboxylic acids is 3. The number of terminal acetylenes is 1. The van der Waals surface area contributed by atoms with Crippen molar-refractivity contribution in [3.8, 4) is 12.3 Å². The van der Waals surface area contributed by atoms with Crippen LogP contribution in [0.2, 0.25) is 0 Å². The van der Waals surface area contributed by atoms with E-state index >= 15 is 0 Å². The van der Waals surface area contributed by atoms with Crippen molar-refractivity contribution >= 4 is 29.6 Å². The molecule has 2 heterocycles. The lowest BCUT2D eigenvalue weighted by molar-refractivity contribution is -0.158. The molecule has 3 N–H and O–H groups in total. The van der Waals surface area contributed by atoms with Crippen LogP contribution in [0.15, 0.2) is 98.1 Å². The molecule has 2 aliphatic rings. The number of amides is 4. The third kappa shape index (κ3) is 6.45. The molecule has 2 aliphatic heterocycles. The highest BCUT2D eigenvalue weighted by molar-refractivity contribution is 5.92. The molecule has 5 rings (SSSR count). The van der Waals surface area contributed by atoms with Gasteiger partial charge in [0.1, 0.15) is 12.2 Å². The molecule has 3 aromatic rings. The topological polar surface area (TPSA) is 105 Å². The Bertz CT molecular complexity index is 1600. The summed E-state index contributed by atoms with van der Waals surface area (Å²) >= 11 is 0. The van der Waals surface area contributed by atoms with Crippen LogP contribution < -0.4 is 16.2 Å². The lowest BCUT2D eigenvalue weighted by Gasteiger charge is -2.46. The Labute approximate surface area is 263 Å². The molecule has 0 unspecified atom stereocenters. The van der Waals surface area contributed by atoms with E-state index in [1.54, 1.807) is 27.0 Å². The number of nitrogens with one attached hydrogen (secondary N) is 1. The minimum absolute atomic E-state index is 0.0718. The van der Waals surface area contributed by atoms with Crippen LogP contribution in [0.25, 0.3) is 6.08 Å². The number of fused-ring (bicyclic) bond motifs is 1. The second kappa shape index (κ2) is 13.9. The van der Waals surface area contributed by atoms with E-state index in [4.69, 9.17) is 12.3 Å². The molecule has 0 aromatic heterocycles.